The van der Waals surface area contributed by atoms with E-state index in [2.05, 4.69) is 46.2 Å². The summed E-state index contributed by atoms with van der Waals surface area (Å²) in [5.74, 6) is 0.550. The number of ether oxygens (including phenoxy) is 1. The summed E-state index contributed by atoms with van der Waals surface area (Å²) in [7, 11) is 1.62. The Bertz CT molecular complexity index is 1130. The summed E-state index contributed by atoms with van der Waals surface area (Å²) in [6.07, 6.45) is 1.72. The van der Waals surface area contributed by atoms with Crippen molar-refractivity contribution in [1.82, 2.24) is 5.43 Å². The normalized spacial score (nSPS) is 11.1. The first-order valence-electron chi connectivity index (χ1n) is 9.35. The van der Waals surface area contributed by atoms with Gasteiger partial charge in [0.25, 0.3) is 5.91 Å². The Morgan fingerprint density at radius 2 is 1.55 bits per heavy atom. The van der Waals surface area contributed by atoms with Gasteiger partial charge in [0.15, 0.2) is 0 Å². The number of hydrogen-bond acceptors (Lipinski definition) is 4. The largest absolute Gasteiger partial charge is 0.497 e. The first kappa shape index (κ1) is 18.5. The molecule has 4 rings (SSSR count). The van der Waals surface area contributed by atoms with Crippen LogP contribution in [0.25, 0.3) is 21.5 Å². The van der Waals surface area contributed by atoms with Crippen LogP contribution in [-0.2, 0) is 4.79 Å². The van der Waals surface area contributed by atoms with Crippen molar-refractivity contribution in [3.63, 3.8) is 0 Å². The van der Waals surface area contributed by atoms with Crippen LogP contribution in [-0.4, -0.2) is 25.8 Å². The highest BCUT2D eigenvalue weighted by molar-refractivity contribution is 6.13. The third-order valence-electron chi connectivity index (χ3n) is 4.74. The van der Waals surface area contributed by atoms with Crippen LogP contribution in [0.1, 0.15) is 5.56 Å². The van der Waals surface area contributed by atoms with Crippen LogP contribution in [0, 0.1) is 0 Å². The predicted octanol–water partition coefficient (Wildman–Crippen LogP) is 4.56. The number of hydrazone groups is 1. The highest BCUT2D eigenvalue weighted by Crippen LogP contribution is 2.27. The topological polar surface area (TPSA) is 62.7 Å². The minimum absolute atomic E-state index is 0.125. The van der Waals surface area contributed by atoms with Gasteiger partial charge in [-0.15, -0.1) is 0 Å². The van der Waals surface area contributed by atoms with Crippen molar-refractivity contribution in [2.24, 2.45) is 5.10 Å². The smallest absolute Gasteiger partial charge is 0.259 e. The molecule has 0 saturated carbocycles. The quantitative estimate of drug-likeness (QED) is 0.291. The van der Waals surface area contributed by atoms with Crippen LogP contribution in [0.4, 0.5) is 5.69 Å². The summed E-state index contributed by atoms with van der Waals surface area (Å²) >= 11 is 0. The lowest BCUT2D eigenvalue weighted by Gasteiger charge is -2.08. The van der Waals surface area contributed by atoms with Crippen molar-refractivity contribution < 1.29 is 9.53 Å². The van der Waals surface area contributed by atoms with Gasteiger partial charge in [-0.05, 0) is 51.9 Å². The zero-order valence-corrected chi connectivity index (χ0v) is 16.1. The molecule has 144 valence electrons. The Balaban J connectivity index is 1.48. The third kappa shape index (κ3) is 4.19. The SMILES string of the molecule is COc1ccc(NCC(=O)N/N=C/c2c3ccccc3cc3ccccc23)cc1. The van der Waals surface area contributed by atoms with Gasteiger partial charge in [-0.25, -0.2) is 5.43 Å². The second-order valence-corrected chi connectivity index (χ2v) is 6.61. The summed E-state index contributed by atoms with van der Waals surface area (Å²) in [5, 5.41) is 11.7. The third-order valence-corrected chi connectivity index (χ3v) is 4.74. The lowest BCUT2D eigenvalue weighted by Crippen LogP contribution is -2.25. The molecule has 0 bridgehead atoms. The Morgan fingerprint density at radius 3 is 2.17 bits per heavy atom. The summed E-state index contributed by atoms with van der Waals surface area (Å²) in [6.45, 7) is 0.125. The van der Waals surface area contributed by atoms with Crippen LogP contribution in [0.3, 0.4) is 0 Å². The van der Waals surface area contributed by atoms with E-state index in [-0.39, 0.29) is 12.5 Å². The van der Waals surface area contributed by atoms with Gasteiger partial charge in [0, 0.05) is 11.3 Å². The fourth-order valence-corrected chi connectivity index (χ4v) is 3.29. The minimum Gasteiger partial charge on any atom is -0.497 e. The maximum absolute atomic E-state index is 12.1. The van der Waals surface area contributed by atoms with Gasteiger partial charge in [0.05, 0.1) is 19.9 Å². The zero-order valence-electron chi connectivity index (χ0n) is 16.1. The molecule has 0 aliphatic heterocycles. The molecule has 0 aliphatic carbocycles. The molecular weight excluding hydrogens is 362 g/mol. The molecule has 0 aromatic heterocycles. The Labute approximate surface area is 169 Å². The van der Waals surface area contributed by atoms with E-state index in [4.69, 9.17) is 4.74 Å². The van der Waals surface area contributed by atoms with Gasteiger partial charge in [0.2, 0.25) is 0 Å². The molecular formula is C24H21N3O2. The Morgan fingerprint density at radius 1 is 0.931 bits per heavy atom. The number of anilines is 1. The molecule has 0 atom stereocenters. The van der Waals surface area contributed by atoms with Crippen LogP contribution in [0.2, 0.25) is 0 Å². The van der Waals surface area contributed by atoms with Gasteiger partial charge >= 0.3 is 0 Å². The maximum Gasteiger partial charge on any atom is 0.259 e. The zero-order chi connectivity index (χ0) is 20.1. The molecule has 4 aromatic rings. The van der Waals surface area contributed by atoms with E-state index in [0.717, 1.165) is 38.5 Å². The van der Waals surface area contributed by atoms with Crippen molar-refractivity contribution in [1.29, 1.82) is 0 Å². The van der Waals surface area contributed by atoms with E-state index >= 15 is 0 Å². The van der Waals surface area contributed by atoms with Crippen molar-refractivity contribution >= 4 is 39.4 Å². The average Bonchev–Trinajstić information content (AvgIpc) is 2.77. The number of nitrogens with zero attached hydrogens (tertiary/aromatic N) is 1. The summed E-state index contributed by atoms with van der Waals surface area (Å²) < 4.78 is 5.12. The monoisotopic (exact) mass is 383 g/mol. The van der Waals surface area contributed by atoms with Crippen molar-refractivity contribution in [3.8, 4) is 5.75 Å². The highest BCUT2D eigenvalue weighted by atomic mass is 16.5. The Kier molecular flexibility index (Phi) is 5.38. The van der Waals surface area contributed by atoms with Gasteiger partial charge in [-0.3, -0.25) is 4.79 Å². The molecule has 0 radical (unpaired) electrons. The molecule has 1 amide bonds. The van der Waals surface area contributed by atoms with E-state index in [9.17, 15) is 4.79 Å². The fourth-order valence-electron chi connectivity index (χ4n) is 3.29. The van der Waals surface area contributed by atoms with Gasteiger partial charge in [-0.2, -0.15) is 5.10 Å². The van der Waals surface area contributed by atoms with E-state index in [1.54, 1.807) is 13.3 Å². The number of amides is 1. The number of carbonyl (C=O) groups is 1. The van der Waals surface area contributed by atoms with Crippen LogP contribution >= 0.6 is 0 Å². The second kappa shape index (κ2) is 8.44. The Hall–Kier alpha value is -3.86. The van der Waals surface area contributed by atoms with Gasteiger partial charge in [-0.1, -0.05) is 48.5 Å². The number of carbonyl (C=O) groups excluding carboxylic acids is 1. The first-order valence-corrected chi connectivity index (χ1v) is 9.35. The van der Waals surface area contributed by atoms with E-state index in [1.807, 2.05) is 48.5 Å². The van der Waals surface area contributed by atoms with E-state index < -0.39 is 0 Å². The minimum atomic E-state index is -0.221. The lowest BCUT2D eigenvalue weighted by atomic mass is 9.97. The predicted molar refractivity (Wildman–Crippen MR) is 119 cm³/mol. The molecule has 2 N–H and O–H groups in total. The molecule has 5 heteroatoms. The molecule has 29 heavy (non-hydrogen) atoms. The van der Waals surface area contributed by atoms with Crippen molar-refractivity contribution in [3.05, 3.63) is 84.4 Å². The standard InChI is InChI=1S/C24H21N3O2/c1-29-20-12-10-19(11-13-20)25-16-24(28)27-26-15-23-21-8-4-2-6-17(21)14-18-7-3-5-9-22(18)23/h2-15,25H,16H2,1H3,(H,27,28)/b26-15+. The van der Waals surface area contributed by atoms with E-state index in [0.29, 0.717) is 0 Å². The van der Waals surface area contributed by atoms with Crippen molar-refractivity contribution in [2.45, 2.75) is 0 Å². The van der Waals surface area contributed by atoms with Crippen LogP contribution < -0.4 is 15.5 Å². The number of hydrogen-bond donors (Lipinski definition) is 2. The number of nitrogens with one attached hydrogen (secondary N) is 2. The molecule has 0 saturated heterocycles. The highest BCUT2D eigenvalue weighted by Gasteiger charge is 2.06. The number of rotatable bonds is 6. The average molecular weight is 383 g/mol. The number of methoxy groups -OCH3 is 1. The second-order valence-electron chi connectivity index (χ2n) is 6.61. The van der Waals surface area contributed by atoms with Gasteiger partial charge < -0.3 is 10.1 Å². The molecule has 0 fully saturated rings. The lowest BCUT2D eigenvalue weighted by molar-refractivity contribution is -0.119. The molecule has 0 heterocycles. The molecule has 0 spiro atoms. The summed E-state index contributed by atoms with van der Waals surface area (Å²) in [6, 6.07) is 25.9. The fraction of sp³-hybridized carbons (Fsp3) is 0.0833. The van der Waals surface area contributed by atoms with Gasteiger partial charge in [0.1, 0.15) is 5.75 Å². The molecule has 4 aromatic carbocycles. The summed E-state index contributed by atoms with van der Waals surface area (Å²) in [4.78, 5) is 12.1. The molecule has 0 aliphatic rings. The van der Waals surface area contributed by atoms with E-state index in [1.165, 1.54) is 0 Å². The molecule has 5 nitrogen and oxygen atoms in total. The first-order chi connectivity index (χ1) is 14.2. The number of benzene rings is 4. The number of fused-ring (bicyclic) bond motifs is 2. The van der Waals surface area contributed by atoms with Crippen LogP contribution in [0.15, 0.2) is 84.0 Å². The summed E-state index contributed by atoms with van der Waals surface area (Å²) in [5.41, 5.74) is 4.42. The maximum atomic E-state index is 12.1. The van der Waals surface area contributed by atoms with Crippen LogP contribution in [0.5, 0.6) is 5.75 Å². The van der Waals surface area contributed by atoms with Crippen molar-refractivity contribution in [2.75, 3.05) is 19.0 Å². The molecule has 0 unspecified atom stereocenters.